The van der Waals surface area contributed by atoms with Gasteiger partial charge in [-0.2, -0.15) is 0 Å². The molecule has 17 heavy (non-hydrogen) atoms. The average molecular weight is 239 g/mol. The summed E-state index contributed by atoms with van der Waals surface area (Å²) < 4.78 is 0. The molecule has 0 bridgehead atoms. The minimum absolute atomic E-state index is 0.184. The largest absolute Gasteiger partial charge is 0.502 e. The Labute approximate surface area is 97.6 Å². The van der Waals surface area contributed by atoms with Crippen LogP contribution in [0.15, 0.2) is 18.2 Å². The van der Waals surface area contributed by atoms with Gasteiger partial charge < -0.3 is 15.7 Å². The zero-order chi connectivity index (χ0) is 12.8. The monoisotopic (exact) mass is 239 g/mol. The predicted octanol–water partition coefficient (Wildman–Crippen LogP) is 0.250. The fourth-order valence-corrected chi connectivity index (χ4v) is 1.22. The predicted molar refractivity (Wildman–Crippen MR) is 61.0 cm³/mol. The molecule has 0 heterocycles. The number of carbonyl (C=O) groups is 1. The molecule has 1 amide bonds. The zero-order valence-electron chi connectivity index (χ0n) is 9.27. The third-order valence-corrected chi connectivity index (χ3v) is 2.09. The highest BCUT2D eigenvalue weighted by Gasteiger charge is 2.15. The summed E-state index contributed by atoms with van der Waals surface area (Å²) >= 11 is 0. The molecule has 0 atom stereocenters. The van der Waals surface area contributed by atoms with Crippen LogP contribution in [-0.4, -0.2) is 36.1 Å². The van der Waals surface area contributed by atoms with Gasteiger partial charge in [0.25, 0.3) is 5.91 Å². The Morgan fingerprint density at radius 2 is 2.18 bits per heavy atom. The van der Waals surface area contributed by atoms with Crippen LogP contribution in [0.25, 0.3) is 0 Å². The van der Waals surface area contributed by atoms with Crippen LogP contribution in [0.5, 0.6) is 5.75 Å². The fraction of sp³-hybridized carbons (Fsp3) is 0.300. The molecule has 0 aliphatic carbocycles. The highest BCUT2D eigenvalue weighted by atomic mass is 16.6. The third-order valence-electron chi connectivity index (χ3n) is 2.09. The van der Waals surface area contributed by atoms with Crippen molar-refractivity contribution >= 4 is 11.6 Å². The van der Waals surface area contributed by atoms with Crippen molar-refractivity contribution in [2.24, 2.45) is 0 Å². The summed E-state index contributed by atoms with van der Waals surface area (Å²) in [7, 11) is 1.75. The number of phenolic OH excluding ortho intramolecular Hbond substituents is 1. The number of nitrogens with one attached hydrogen (secondary N) is 2. The van der Waals surface area contributed by atoms with Crippen LogP contribution in [0.1, 0.15) is 10.4 Å². The first-order valence-electron chi connectivity index (χ1n) is 4.96. The first-order chi connectivity index (χ1) is 8.06. The number of amides is 1. The van der Waals surface area contributed by atoms with Gasteiger partial charge in [0.15, 0.2) is 5.75 Å². The van der Waals surface area contributed by atoms with Crippen molar-refractivity contribution in [3.8, 4) is 5.75 Å². The van der Waals surface area contributed by atoms with Crippen molar-refractivity contribution in [2.75, 3.05) is 20.1 Å². The second-order valence-corrected chi connectivity index (χ2v) is 3.32. The molecule has 92 valence electrons. The van der Waals surface area contributed by atoms with Gasteiger partial charge in [-0.15, -0.1) is 0 Å². The minimum atomic E-state index is -0.710. The molecule has 1 aromatic carbocycles. The van der Waals surface area contributed by atoms with E-state index in [1.54, 1.807) is 7.05 Å². The van der Waals surface area contributed by atoms with E-state index in [0.29, 0.717) is 13.1 Å². The van der Waals surface area contributed by atoms with E-state index >= 15 is 0 Å². The van der Waals surface area contributed by atoms with E-state index in [1.165, 1.54) is 6.07 Å². The average Bonchev–Trinajstić information content (AvgIpc) is 2.28. The van der Waals surface area contributed by atoms with Crippen molar-refractivity contribution in [2.45, 2.75) is 0 Å². The van der Waals surface area contributed by atoms with Crippen LogP contribution < -0.4 is 10.6 Å². The summed E-state index contributed by atoms with van der Waals surface area (Å²) in [6, 6.07) is 3.47. The van der Waals surface area contributed by atoms with Gasteiger partial charge in [0, 0.05) is 24.7 Å². The van der Waals surface area contributed by atoms with Gasteiger partial charge >= 0.3 is 5.69 Å². The van der Waals surface area contributed by atoms with Crippen molar-refractivity contribution in [1.82, 2.24) is 10.6 Å². The van der Waals surface area contributed by atoms with E-state index in [1.807, 2.05) is 0 Å². The Bertz CT molecular complexity index is 434. The number of aromatic hydroxyl groups is 1. The molecule has 0 aliphatic heterocycles. The number of nitrogens with zero attached hydrogens (tertiary/aromatic N) is 1. The molecule has 0 fully saturated rings. The summed E-state index contributed by atoms with van der Waals surface area (Å²) in [5, 5.41) is 25.2. The first-order valence-corrected chi connectivity index (χ1v) is 4.96. The van der Waals surface area contributed by atoms with Gasteiger partial charge in [-0.05, 0) is 19.2 Å². The number of phenols is 1. The summed E-state index contributed by atoms with van der Waals surface area (Å²) in [6.45, 7) is 1.05. The lowest BCUT2D eigenvalue weighted by Gasteiger charge is -2.05. The fourth-order valence-electron chi connectivity index (χ4n) is 1.22. The molecular weight excluding hydrogens is 226 g/mol. The van der Waals surface area contributed by atoms with E-state index < -0.39 is 16.4 Å². The van der Waals surface area contributed by atoms with Crippen LogP contribution in [0.2, 0.25) is 0 Å². The molecule has 3 N–H and O–H groups in total. The van der Waals surface area contributed by atoms with Crippen molar-refractivity contribution in [1.29, 1.82) is 0 Å². The van der Waals surface area contributed by atoms with Gasteiger partial charge in [0.05, 0.1) is 4.92 Å². The number of nitro groups is 1. The molecule has 0 radical (unpaired) electrons. The van der Waals surface area contributed by atoms with E-state index in [0.717, 1.165) is 12.1 Å². The first kappa shape index (κ1) is 12.9. The van der Waals surface area contributed by atoms with E-state index in [4.69, 9.17) is 0 Å². The van der Waals surface area contributed by atoms with Gasteiger partial charge in [-0.1, -0.05) is 0 Å². The quantitative estimate of drug-likeness (QED) is 0.388. The Balaban J connectivity index is 2.76. The molecule has 1 aromatic rings. The summed E-state index contributed by atoms with van der Waals surface area (Å²) in [6.07, 6.45) is 0. The SMILES string of the molecule is CNCCNC(=O)c1ccc([N+](=O)[O-])c(O)c1. The standard InChI is InChI=1S/C10H13N3O4/c1-11-4-5-12-10(15)7-2-3-8(13(16)17)9(14)6-7/h2-3,6,11,14H,4-5H2,1H3,(H,12,15). The van der Waals surface area contributed by atoms with Gasteiger partial charge in [0.1, 0.15) is 0 Å². The van der Waals surface area contributed by atoms with Crippen LogP contribution in [0.3, 0.4) is 0 Å². The maximum atomic E-state index is 11.5. The lowest BCUT2D eigenvalue weighted by molar-refractivity contribution is -0.385. The number of hydrogen-bond donors (Lipinski definition) is 3. The Hall–Kier alpha value is -2.15. The lowest BCUT2D eigenvalue weighted by Crippen LogP contribution is -2.30. The zero-order valence-corrected chi connectivity index (χ0v) is 9.27. The molecule has 7 nitrogen and oxygen atoms in total. The maximum absolute atomic E-state index is 11.5. The highest BCUT2D eigenvalue weighted by molar-refractivity contribution is 5.95. The second kappa shape index (κ2) is 5.80. The molecule has 0 saturated heterocycles. The molecule has 7 heteroatoms. The van der Waals surface area contributed by atoms with Gasteiger partial charge in [0.2, 0.25) is 0 Å². The highest BCUT2D eigenvalue weighted by Crippen LogP contribution is 2.25. The second-order valence-electron chi connectivity index (χ2n) is 3.32. The molecule has 0 aromatic heterocycles. The topological polar surface area (TPSA) is 104 Å². The molecule has 0 unspecified atom stereocenters. The minimum Gasteiger partial charge on any atom is -0.502 e. The molecule has 0 saturated carbocycles. The van der Waals surface area contributed by atoms with Crippen LogP contribution in [0.4, 0.5) is 5.69 Å². The third kappa shape index (κ3) is 3.42. The Kier molecular flexibility index (Phi) is 4.41. The smallest absolute Gasteiger partial charge is 0.310 e. The molecule has 1 rings (SSSR count). The number of hydrogen-bond acceptors (Lipinski definition) is 5. The normalized spacial score (nSPS) is 9.94. The molecular formula is C10H13N3O4. The van der Waals surface area contributed by atoms with Gasteiger partial charge in [-0.25, -0.2) is 0 Å². The Morgan fingerprint density at radius 3 is 2.71 bits per heavy atom. The van der Waals surface area contributed by atoms with Crippen LogP contribution >= 0.6 is 0 Å². The maximum Gasteiger partial charge on any atom is 0.310 e. The van der Waals surface area contributed by atoms with E-state index in [9.17, 15) is 20.0 Å². The number of likely N-dealkylation sites (N-methyl/N-ethyl adjacent to an activating group) is 1. The van der Waals surface area contributed by atoms with Crippen molar-refractivity contribution < 1.29 is 14.8 Å². The van der Waals surface area contributed by atoms with E-state index in [2.05, 4.69) is 10.6 Å². The molecule has 0 spiro atoms. The number of rotatable bonds is 5. The Morgan fingerprint density at radius 1 is 1.47 bits per heavy atom. The number of benzene rings is 1. The van der Waals surface area contributed by atoms with Crippen molar-refractivity contribution in [3.05, 3.63) is 33.9 Å². The summed E-state index contributed by atoms with van der Waals surface area (Å²) in [5.74, 6) is -0.901. The van der Waals surface area contributed by atoms with E-state index in [-0.39, 0.29) is 11.5 Å². The summed E-state index contributed by atoms with van der Waals surface area (Å²) in [4.78, 5) is 21.3. The van der Waals surface area contributed by atoms with Crippen LogP contribution in [0, 0.1) is 10.1 Å². The number of carbonyl (C=O) groups excluding carboxylic acids is 1. The van der Waals surface area contributed by atoms with Gasteiger partial charge in [-0.3, -0.25) is 14.9 Å². The molecule has 0 aliphatic rings. The lowest BCUT2D eigenvalue weighted by atomic mass is 10.2. The number of nitro benzene ring substituents is 1. The summed E-state index contributed by atoms with van der Waals surface area (Å²) in [5.41, 5.74) is -0.235. The van der Waals surface area contributed by atoms with Crippen molar-refractivity contribution in [3.63, 3.8) is 0 Å². The van der Waals surface area contributed by atoms with Crippen LogP contribution in [-0.2, 0) is 0 Å².